The smallest absolute Gasteiger partial charge is 0.399 e. The molecule has 0 radical (unpaired) electrons. The van der Waals surface area contributed by atoms with Crippen LogP contribution in [0.3, 0.4) is 0 Å². The lowest BCUT2D eigenvalue weighted by Crippen LogP contribution is -1.85. The van der Waals surface area contributed by atoms with Crippen molar-refractivity contribution in [2.75, 3.05) is 0 Å². The molecule has 0 spiro atoms. The maximum absolute atomic E-state index is 10.1. The Labute approximate surface area is 90.5 Å². The third-order valence-electron chi connectivity index (χ3n) is 1.70. The maximum Gasteiger partial charge on any atom is 0.518 e. The Kier molecular flexibility index (Phi) is 4.38. The SMILES string of the molecule is CCc1coc(=O)o1.CCc1coc(=O)o1. The van der Waals surface area contributed by atoms with E-state index in [2.05, 4.69) is 17.7 Å². The van der Waals surface area contributed by atoms with Crippen LogP contribution in [0.1, 0.15) is 25.4 Å². The monoisotopic (exact) mass is 228 g/mol. The average Bonchev–Trinajstić information content (AvgIpc) is 2.88. The molecule has 16 heavy (non-hydrogen) atoms. The highest BCUT2D eigenvalue weighted by Crippen LogP contribution is 1.93. The number of rotatable bonds is 2. The molecule has 2 heterocycles. The largest absolute Gasteiger partial charge is 0.518 e. The highest BCUT2D eigenvalue weighted by atomic mass is 16.6. The van der Waals surface area contributed by atoms with Gasteiger partial charge >= 0.3 is 11.6 Å². The highest BCUT2D eigenvalue weighted by molar-refractivity contribution is 4.83. The normalized spacial score (nSPS) is 9.62. The first-order valence-electron chi connectivity index (χ1n) is 4.80. The number of aryl methyl sites for hydroxylation is 2. The summed E-state index contributed by atoms with van der Waals surface area (Å²) in [6, 6.07) is 0. The quantitative estimate of drug-likeness (QED) is 0.775. The second-order valence-corrected chi connectivity index (χ2v) is 2.82. The van der Waals surface area contributed by atoms with Gasteiger partial charge in [-0.25, -0.2) is 9.59 Å². The summed E-state index contributed by atoms with van der Waals surface area (Å²) >= 11 is 0. The summed E-state index contributed by atoms with van der Waals surface area (Å²) in [5.41, 5.74) is 0. The van der Waals surface area contributed by atoms with Crippen LogP contribution in [-0.2, 0) is 12.8 Å². The fourth-order valence-corrected chi connectivity index (χ4v) is 0.849. The zero-order valence-corrected chi connectivity index (χ0v) is 9.02. The van der Waals surface area contributed by atoms with Crippen molar-refractivity contribution in [3.05, 3.63) is 45.3 Å². The molecule has 6 nitrogen and oxygen atoms in total. The van der Waals surface area contributed by atoms with Crippen LogP contribution in [0.2, 0.25) is 0 Å². The molecule has 0 N–H and O–H groups in total. The van der Waals surface area contributed by atoms with Crippen molar-refractivity contribution in [3.8, 4) is 0 Å². The van der Waals surface area contributed by atoms with Crippen LogP contribution in [0.4, 0.5) is 0 Å². The molecule has 0 atom stereocenters. The molecule has 6 heteroatoms. The Morgan fingerprint density at radius 1 is 0.875 bits per heavy atom. The van der Waals surface area contributed by atoms with Crippen LogP contribution in [-0.4, -0.2) is 0 Å². The van der Waals surface area contributed by atoms with E-state index in [9.17, 15) is 9.59 Å². The lowest BCUT2D eigenvalue weighted by atomic mass is 10.4. The minimum atomic E-state index is -0.623. The molecule has 2 aromatic rings. The first kappa shape index (κ1) is 12.1. The Morgan fingerprint density at radius 3 is 1.38 bits per heavy atom. The minimum Gasteiger partial charge on any atom is -0.399 e. The van der Waals surface area contributed by atoms with Gasteiger partial charge in [0.25, 0.3) is 0 Å². The van der Waals surface area contributed by atoms with Crippen LogP contribution in [0, 0.1) is 0 Å². The fraction of sp³-hybridized carbons (Fsp3) is 0.400. The van der Waals surface area contributed by atoms with E-state index in [4.69, 9.17) is 0 Å². The van der Waals surface area contributed by atoms with E-state index in [1.807, 2.05) is 13.8 Å². The minimum absolute atomic E-state index is 0.593. The first-order valence-corrected chi connectivity index (χ1v) is 4.80. The molecule has 0 amide bonds. The summed E-state index contributed by atoms with van der Waals surface area (Å²) in [6.45, 7) is 3.77. The van der Waals surface area contributed by atoms with Gasteiger partial charge in [0.2, 0.25) is 0 Å². The van der Waals surface area contributed by atoms with E-state index < -0.39 is 11.6 Å². The molecule has 0 saturated heterocycles. The van der Waals surface area contributed by atoms with Crippen molar-refractivity contribution in [2.24, 2.45) is 0 Å². The lowest BCUT2D eigenvalue weighted by molar-refractivity contribution is 0.374. The van der Waals surface area contributed by atoms with E-state index in [1.165, 1.54) is 12.5 Å². The molecule has 0 saturated carbocycles. The van der Waals surface area contributed by atoms with Gasteiger partial charge in [-0.2, -0.15) is 0 Å². The molecular weight excluding hydrogens is 216 g/mol. The Hall–Kier alpha value is -1.98. The molecule has 0 aromatic carbocycles. The van der Waals surface area contributed by atoms with Gasteiger partial charge in [0.15, 0.2) is 0 Å². The van der Waals surface area contributed by atoms with Gasteiger partial charge in [-0.3, -0.25) is 0 Å². The van der Waals surface area contributed by atoms with Gasteiger partial charge in [0, 0.05) is 12.8 Å². The van der Waals surface area contributed by atoms with Crippen LogP contribution in [0.25, 0.3) is 0 Å². The Bertz CT molecular complexity index is 463. The molecule has 0 fully saturated rings. The molecular formula is C10H12O6. The fourth-order valence-electron chi connectivity index (χ4n) is 0.849. The second-order valence-electron chi connectivity index (χ2n) is 2.82. The molecule has 2 aromatic heterocycles. The summed E-state index contributed by atoms with van der Waals surface area (Å²) < 4.78 is 17.7. The summed E-state index contributed by atoms with van der Waals surface area (Å²) in [6.07, 6.45) is 4.04. The van der Waals surface area contributed by atoms with E-state index in [-0.39, 0.29) is 0 Å². The van der Waals surface area contributed by atoms with Gasteiger partial charge in [-0.05, 0) is 0 Å². The third kappa shape index (κ3) is 3.64. The molecule has 0 aliphatic heterocycles. The molecule has 0 bridgehead atoms. The van der Waals surface area contributed by atoms with E-state index >= 15 is 0 Å². The second kappa shape index (κ2) is 5.79. The maximum atomic E-state index is 10.1. The Morgan fingerprint density at radius 2 is 1.25 bits per heavy atom. The topological polar surface area (TPSA) is 86.7 Å². The van der Waals surface area contributed by atoms with E-state index in [1.54, 1.807) is 0 Å². The predicted octanol–water partition coefficient (Wildman–Crippen LogP) is 1.59. The van der Waals surface area contributed by atoms with Gasteiger partial charge in [0.05, 0.1) is 0 Å². The van der Waals surface area contributed by atoms with Crippen molar-refractivity contribution in [1.29, 1.82) is 0 Å². The number of hydrogen-bond donors (Lipinski definition) is 0. The van der Waals surface area contributed by atoms with Crippen molar-refractivity contribution < 1.29 is 17.7 Å². The van der Waals surface area contributed by atoms with Crippen LogP contribution >= 0.6 is 0 Å². The molecule has 0 unspecified atom stereocenters. The van der Waals surface area contributed by atoms with Crippen LogP contribution in [0.15, 0.2) is 39.8 Å². The van der Waals surface area contributed by atoms with E-state index in [0.717, 1.165) is 0 Å². The number of hydrogen-bond acceptors (Lipinski definition) is 6. The summed E-state index contributed by atoms with van der Waals surface area (Å²) in [5, 5.41) is 0. The average molecular weight is 228 g/mol. The predicted molar refractivity (Wildman–Crippen MR) is 53.2 cm³/mol. The zero-order valence-electron chi connectivity index (χ0n) is 9.02. The third-order valence-corrected chi connectivity index (χ3v) is 1.70. The van der Waals surface area contributed by atoms with Gasteiger partial charge in [0.1, 0.15) is 24.0 Å². The van der Waals surface area contributed by atoms with Crippen LogP contribution < -0.4 is 11.6 Å². The standard InChI is InChI=1S/2C5H6O3/c2*1-2-4-3-7-5(6)8-4/h2*3H,2H2,1H3. The molecule has 2 rings (SSSR count). The van der Waals surface area contributed by atoms with Crippen molar-refractivity contribution in [1.82, 2.24) is 0 Å². The van der Waals surface area contributed by atoms with Crippen LogP contribution in [0.5, 0.6) is 0 Å². The highest BCUT2D eigenvalue weighted by Gasteiger charge is 1.94. The van der Waals surface area contributed by atoms with Gasteiger partial charge < -0.3 is 17.7 Å². The van der Waals surface area contributed by atoms with Gasteiger partial charge in [-0.15, -0.1) is 0 Å². The van der Waals surface area contributed by atoms with Crippen molar-refractivity contribution in [3.63, 3.8) is 0 Å². The van der Waals surface area contributed by atoms with Crippen molar-refractivity contribution in [2.45, 2.75) is 26.7 Å². The van der Waals surface area contributed by atoms with Gasteiger partial charge in [-0.1, -0.05) is 13.8 Å². The molecule has 88 valence electrons. The summed E-state index contributed by atoms with van der Waals surface area (Å²) in [5.74, 6) is -0.0614. The lowest BCUT2D eigenvalue weighted by Gasteiger charge is -1.74. The van der Waals surface area contributed by atoms with E-state index in [0.29, 0.717) is 24.4 Å². The summed E-state index contributed by atoms with van der Waals surface area (Å²) in [4.78, 5) is 20.2. The molecule has 0 aliphatic rings. The van der Waals surface area contributed by atoms with Crippen molar-refractivity contribution >= 4 is 0 Å². The first-order chi connectivity index (χ1) is 7.65. The summed E-state index contributed by atoms with van der Waals surface area (Å²) in [7, 11) is 0. The Balaban J connectivity index is 0.000000160. The molecule has 0 aliphatic carbocycles. The zero-order chi connectivity index (χ0) is 12.0.